The first-order valence-corrected chi connectivity index (χ1v) is 11.1. The molecule has 0 aliphatic heterocycles. The van der Waals surface area contributed by atoms with Crippen molar-refractivity contribution < 1.29 is 9.53 Å². The summed E-state index contributed by atoms with van der Waals surface area (Å²) in [7, 11) is 0. The van der Waals surface area contributed by atoms with Gasteiger partial charge in [0.1, 0.15) is 6.10 Å². The number of carbonyl (C=O) groups is 1. The predicted molar refractivity (Wildman–Crippen MR) is 110 cm³/mol. The fourth-order valence-corrected chi connectivity index (χ4v) is 7.44. The van der Waals surface area contributed by atoms with Crippen LogP contribution in [0, 0.1) is 30.1 Å². The monoisotopic (exact) mass is 379 g/mol. The average molecular weight is 380 g/mol. The predicted octanol–water partition coefficient (Wildman–Crippen LogP) is 5.30. The van der Waals surface area contributed by atoms with E-state index in [-0.39, 0.29) is 17.5 Å². The van der Waals surface area contributed by atoms with Gasteiger partial charge in [0.15, 0.2) is 0 Å². The van der Waals surface area contributed by atoms with Crippen LogP contribution in [0.25, 0.3) is 0 Å². The molecule has 6 atom stereocenters. The van der Waals surface area contributed by atoms with E-state index in [4.69, 9.17) is 9.72 Å². The van der Waals surface area contributed by atoms with E-state index >= 15 is 0 Å². The summed E-state index contributed by atoms with van der Waals surface area (Å²) in [4.78, 5) is 16.4. The highest BCUT2D eigenvalue weighted by Crippen LogP contribution is 2.64. The van der Waals surface area contributed by atoms with Crippen LogP contribution in [-0.2, 0) is 21.4 Å². The van der Waals surface area contributed by atoms with Gasteiger partial charge in [0.2, 0.25) is 0 Å². The number of allylic oxidation sites excluding steroid dienone is 1. The molecule has 0 amide bonds. The van der Waals surface area contributed by atoms with Crippen molar-refractivity contribution >= 4 is 5.97 Å². The van der Waals surface area contributed by atoms with Crippen molar-refractivity contribution in [2.75, 3.05) is 0 Å². The van der Waals surface area contributed by atoms with Gasteiger partial charge in [-0.2, -0.15) is 0 Å². The van der Waals surface area contributed by atoms with Gasteiger partial charge in [-0.25, -0.2) is 0 Å². The van der Waals surface area contributed by atoms with Gasteiger partial charge >= 0.3 is 5.97 Å². The molecule has 2 fully saturated rings. The van der Waals surface area contributed by atoms with Crippen molar-refractivity contribution in [2.45, 2.75) is 84.2 Å². The number of hydrogen-bond donors (Lipinski definition) is 0. The number of ether oxygens (including phenoxy) is 1. The van der Waals surface area contributed by atoms with Gasteiger partial charge in [-0.15, -0.1) is 0 Å². The molecule has 5 rings (SSSR count). The lowest BCUT2D eigenvalue weighted by atomic mass is 9.48. The van der Waals surface area contributed by atoms with Crippen LogP contribution in [0.1, 0.15) is 76.2 Å². The number of fused-ring (bicyclic) bond motifs is 7. The molecule has 150 valence electrons. The van der Waals surface area contributed by atoms with Crippen LogP contribution in [0.15, 0.2) is 23.8 Å². The zero-order chi connectivity index (χ0) is 19.7. The van der Waals surface area contributed by atoms with E-state index in [9.17, 15) is 4.79 Å². The maximum atomic E-state index is 11.4. The van der Waals surface area contributed by atoms with E-state index in [0.717, 1.165) is 42.7 Å². The Labute approximate surface area is 169 Å². The molecule has 1 aromatic rings. The van der Waals surface area contributed by atoms with Crippen LogP contribution in [0.2, 0.25) is 0 Å². The Bertz CT molecular complexity index is 858. The molecule has 0 bridgehead atoms. The molecule has 0 spiro atoms. The standard InChI is InChI=1S/C25H33NO2/c1-15-5-6-17-13-22-20-8-7-18-14-19(28-16(2)27)9-11-24(18,3)21(20)10-12-25(22,4)23(17)26-15/h5-7,19-22H,8-14H2,1-4H3/t19-,20+,21-,22-,24-,25-/m0/s1. The van der Waals surface area contributed by atoms with Crippen LogP contribution < -0.4 is 0 Å². The zero-order valence-electron chi connectivity index (χ0n) is 17.8. The Balaban J connectivity index is 1.45. The lowest BCUT2D eigenvalue weighted by Crippen LogP contribution is -2.51. The molecule has 4 aliphatic rings. The second kappa shape index (κ2) is 6.18. The summed E-state index contributed by atoms with van der Waals surface area (Å²) >= 11 is 0. The van der Waals surface area contributed by atoms with E-state index in [1.54, 1.807) is 5.57 Å². The third kappa shape index (κ3) is 2.54. The first-order chi connectivity index (χ1) is 13.3. The number of hydrogen-bond acceptors (Lipinski definition) is 3. The molecule has 0 saturated heterocycles. The summed E-state index contributed by atoms with van der Waals surface area (Å²) in [6, 6.07) is 4.53. The Morgan fingerprint density at radius 1 is 1.11 bits per heavy atom. The summed E-state index contributed by atoms with van der Waals surface area (Å²) in [6.45, 7) is 8.66. The number of pyridine rings is 1. The van der Waals surface area contributed by atoms with Crippen molar-refractivity contribution in [3.05, 3.63) is 40.7 Å². The maximum absolute atomic E-state index is 11.4. The molecule has 0 radical (unpaired) electrons. The molecule has 0 N–H and O–H groups in total. The van der Waals surface area contributed by atoms with Gasteiger partial charge in [0, 0.05) is 24.5 Å². The summed E-state index contributed by atoms with van der Waals surface area (Å²) in [5.41, 5.74) is 6.16. The Morgan fingerprint density at radius 2 is 1.89 bits per heavy atom. The topological polar surface area (TPSA) is 39.2 Å². The number of nitrogens with zero attached hydrogens (tertiary/aromatic N) is 1. The van der Waals surface area contributed by atoms with Crippen LogP contribution in [0.4, 0.5) is 0 Å². The van der Waals surface area contributed by atoms with E-state index in [0.29, 0.717) is 5.41 Å². The largest absolute Gasteiger partial charge is 0.462 e. The SMILES string of the molecule is CC(=O)O[C@H]1CC[C@@]2(C)C(=CC[C@@H]3[C@@H]2CC[C@]2(C)c4nc(C)ccc4C[C@@H]32)C1. The Kier molecular flexibility index (Phi) is 4.06. The minimum absolute atomic E-state index is 0.0881. The third-order valence-corrected chi connectivity index (χ3v) is 8.88. The van der Waals surface area contributed by atoms with Crippen LogP contribution in [0.3, 0.4) is 0 Å². The second-order valence-electron chi connectivity index (χ2n) is 10.4. The van der Waals surface area contributed by atoms with E-state index in [1.807, 2.05) is 0 Å². The summed E-state index contributed by atoms with van der Waals surface area (Å²) < 4.78 is 5.57. The molecule has 0 aromatic carbocycles. The van der Waals surface area contributed by atoms with Crippen LogP contribution in [-0.4, -0.2) is 17.1 Å². The van der Waals surface area contributed by atoms with Gasteiger partial charge in [0.05, 0.1) is 5.69 Å². The summed E-state index contributed by atoms with van der Waals surface area (Å²) in [5.74, 6) is 2.10. The normalized spacial score (nSPS) is 41.2. The third-order valence-electron chi connectivity index (χ3n) is 8.88. The van der Waals surface area contributed by atoms with Crippen molar-refractivity contribution in [3.8, 4) is 0 Å². The molecule has 1 aromatic heterocycles. The number of aryl methyl sites for hydroxylation is 1. The fourth-order valence-electron chi connectivity index (χ4n) is 7.44. The smallest absolute Gasteiger partial charge is 0.302 e. The highest BCUT2D eigenvalue weighted by molar-refractivity contribution is 5.66. The van der Waals surface area contributed by atoms with E-state index in [1.165, 1.54) is 43.9 Å². The highest BCUT2D eigenvalue weighted by Gasteiger charge is 2.58. The number of aromatic nitrogens is 1. The number of esters is 1. The first-order valence-electron chi connectivity index (χ1n) is 11.1. The molecule has 28 heavy (non-hydrogen) atoms. The lowest BCUT2D eigenvalue weighted by Gasteiger charge is -2.57. The average Bonchev–Trinajstić information content (AvgIpc) is 2.94. The quantitative estimate of drug-likeness (QED) is 0.491. The molecule has 3 heteroatoms. The zero-order valence-corrected chi connectivity index (χ0v) is 17.8. The Morgan fingerprint density at radius 3 is 2.68 bits per heavy atom. The summed E-state index contributed by atoms with van der Waals surface area (Å²) in [5, 5.41) is 0. The van der Waals surface area contributed by atoms with Gasteiger partial charge in [-0.3, -0.25) is 9.78 Å². The van der Waals surface area contributed by atoms with Crippen molar-refractivity contribution in [1.82, 2.24) is 4.98 Å². The molecule has 4 aliphatic carbocycles. The molecule has 3 nitrogen and oxygen atoms in total. The molecule has 2 saturated carbocycles. The van der Waals surface area contributed by atoms with Crippen LogP contribution in [0.5, 0.6) is 0 Å². The highest BCUT2D eigenvalue weighted by atomic mass is 16.5. The maximum Gasteiger partial charge on any atom is 0.302 e. The van der Waals surface area contributed by atoms with Gasteiger partial charge < -0.3 is 4.74 Å². The first kappa shape index (κ1) is 18.4. The van der Waals surface area contributed by atoms with E-state index in [2.05, 4.69) is 39.0 Å². The van der Waals surface area contributed by atoms with E-state index < -0.39 is 0 Å². The van der Waals surface area contributed by atoms with Gasteiger partial charge in [-0.1, -0.05) is 31.6 Å². The number of carbonyl (C=O) groups excluding carboxylic acids is 1. The van der Waals surface area contributed by atoms with Crippen LogP contribution >= 0.6 is 0 Å². The van der Waals surface area contributed by atoms with Crippen molar-refractivity contribution in [2.24, 2.45) is 23.2 Å². The van der Waals surface area contributed by atoms with Gasteiger partial charge in [0.25, 0.3) is 0 Å². The van der Waals surface area contributed by atoms with Crippen molar-refractivity contribution in [1.29, 1.82) is 0 Å². The molecule has 0 unspecified atom stereocenters. The van der Waals surface area contributed by atoms with Crippen molar-refractivity contribution in [3.63, 3.8) is 0 Å². The minimum Gasteiger partial charge on any atom is -0.462 e. The number of rotatable bonds is 1. The Hall–Kier alpha value is -1.64. The fraction of sp³-hybridized carbons (Fsp3) is 0.680. The molecular formula is C25H33NO2. The lowest BCUT2D eigenvalue weighted by molar-refractivity contribution is -0.148. The molecular weight excluding hydrogens is 346 g/mol. The second-order valence-corrected chi connectivity index (χ2v) is 10.4. The van der Waals surface area contributed by atoms with Gasteiger partial charge in [-0.05, 0) is 80.2 Å². The summed E-state index contributed by atoms with van der Waals surface area (Å²) in [6.07, 6.45) is 10.7. The molecule has 1 heterocycles. The minimum atomic E-state index is -0.136.